The Balaban J connectivity index is 0.00000136. The Kier molecular flexibility index (Phi) is 8.20. The normalized spacial score (nSPS) is 28.3. The Morgan fingerprint density at radius 3 is 1.71 bits per heavy atom. The first-order valence-electron chi connectivity index (χ1n) is 10.8. The van der Waals surface area contributed by atoms with Gasteiger partial charge in [0, 0.05) is 17.7 Å². The number of hydrogen-bond acceptors (Lipinski definition) is 1. The highest BCUT2D eigenvalue weighted by Gasteiger charge is 2.45. The van der Waals surface area contributed by atoms with Gasteiger partial charge in [0.15, 0.2) is 0 Å². The zero-order valence-corrected chi connectivity index (χ0v) is 17.5. The molecule has 0 amide bonds. The van der Waals surface area contributed by atoms with E-state index in [-0.39, 0.29) is 5.56 Å². The van der Waals surface area contributed by atoms with Crippen LogP contribution in [0.4, 0.5) is 17.6 Å². The van der Waals surface area contributed by atoms with E-state index in [1.54, 1.807) is 0 Å². The molecule has 2 aliphatic rings. The van der Waals surface area contributed by atoms with Gasteiger partial charge in [-0.15, -0.1) is 0 Å². The molecule has 0 aromatic heterocycles. The molecule has 1 aromatic carbocycles. The molecule has 0 saturated heterocycles. The summed E-state index contributed by atoms with van der Waals surface area (Å²) in [5.41, 5.74) is -0.192. The SMILES string of the molecule is CC.Cc1c(F)cc(OC(F)(F)C2CCC(C3CCC(C)CC3)CC2)cc1F. The molecular weight excluding hydrogens is 368 g/mol. The first-order valence-corrected chi connectivity index (χ1v) is 10.8. The van der Waals surface area contributed by atoms with Gasteiger partial charge >= 0.3 is 6.11 Å². The fraction of sp³-hybridized carbons (Fsp3) is 0.739. The number of rotatable bonds is 4. The summed E-state index contributed by atoms with van der Waals surface area (Å²) >= 11 is 0. The molecule has 0 heterocycles. The van der Waals surface area contributed by atoms with Crippen molar-refractivity contribution in [2.45, 2.75) is 85.2 Å². The zero-order chi connectivity index (χ0) is 20.9. The van der Waals surface area contributed by atoms with E-state index in [1.165, 1.54) is 32.6 Å². The van der Waals surface area contributed by atoms with Crippen LogP contribution in [0.5, 0.6) is 5.75 Å². The molecule has 1 nitrogen and oxygen atoms in total. The lowest BCUT2D eigenvalue weighted by Crippen LogP contribution is -2.38. The summed E-state index contributed by atoms with van der Waals surface area (Å²) in [4.78, 5) is 0. The lowest BCUT2D eigenvalue weighted by Gasteiger charge is -2.38. The minimum Gasteiger partial charge on any atom is -0.432 e. The molecule has 3 rings (SSSR count). The second-order valence-electron chi connectivity index (χ2n) is 8.31. The van der Waals surface area contributed by atoms with Crippen molar-refractivity contribution in [2.24, 2.45) is 23.7 Å². The van der Waals surface area contributed by atoms with Crippen LogP contribution in [0.1, 0.15) is 77.7 Å². The largest absolute Gasteiger partial charge is 0.432 e. The van der Waals surface area contributed by atoms with Crippen molar-refractivity contribution >= 4 is 0 Å². The van der Waals surface area contributed by atoms with Crippen LogP contribution in [0, 0.1) is 42.2 Å². The van der Waals surface area contributed by atoms with Crippen LogP contribution in [0.25, 0.3) is 0 Å². The molecule has 0 atom stereocenters. The molecule has 0 aliphatic heterocycles. The predicted molar refractivity (Wildman–Crippen MR) is 105 cm³/mol. The van der Waals surface area contributed by atoms with Gasteiger partial charge in [-0.25, -0.2) is 8.78 Å². The first-order chi connectivity index (χ1) is 13.3. The number of benzene rings is 1. The molecule has 28 heavy (non-hydrogen) atoms. The predicted octanol–water partition coefficient (Wildman–Crippen LogP) is 7.90. The summed E-state index contributed by atoms with van der Waals surface area (Å²) in [6.45, 7) is 7.54. The van der Waals surface area contributed by atoms with E-state index in [0.29, 0.717) is 24.7 Å². The Morgan fingerprint density at radius 2 is 1.25 bits per heavy atom. The van der Waals surface area contributed by atoms with E-state index in [1.807, 2.05) is 13.8 Å². The Labute approximate surface area is 166 Å². The minimum absolute atomic E-state index is 0.192. The van der Waals surface area contributed by atoms with Gasteiger partial charge in [-0.3, -0.25) is 0 Å². The van der Waals surface area contributed by atoms with Crippen molar-refractivity contribution in [3.05, 3.63) is 29.3 Å². The summed E-state index contributed by atoms with van der Waals surface area (Å²) in [7, 11) is 0. The maximum absolute atomic E-state index is 14.5. The van der Waals surface area contributed by atoms with E-state index in [9.17, 15) is 17.6 Å². The summed E-state index contributed by atoms with van der Waals surface area (Å²) in [5, 5.41) is 0. The van der Waals surface area contributed by atoms with E-state index < -0.39 is 29.4 Å². The monoisotopic (exact) mass is 402 g/mol. The van der Waals surface area contributed by atoms with E-state index >= 15 is 0 Å². The average Bonchev–Trinajstić information content (AvgIpc) is 2.68. The molecule has 2 fully saturated rings. The zero-order valence-electron chi connectivity index (χ0n) is 17.5. The molecule has 1 aromatic rings. The van der Waals surface area contributed by atoms with E-state index in [2.05, 4.69) is 6.92 Å². The number of alkyl halides is 2. The van der Waals surface area contributed by atoms with Crippen molar-refractivity contribution in [3.63, 3.8) is 0 Å². The Bertz CT molecular complexity index is 592. The van der Waals surface area contributed by atoms with Gasteiger partial charge in [-0.05, 0) is 63.2 Å². The summed E-state index contributed by atoms with van der Waals surface area (Å²) in [5.74, 6) is -1.09. The fourth-order valence-electron chi connectivity index (χ4n) is 4.61. The summed E-state index contributed by atoms with van der Waals surface area (Å²) < 4.78 is 60.9. The van der Waals surface area contributed by atoms with Crippen LogP contribution in [-0.4, -0.2) is 6.11 Å². The molecule has 2 saturated carbocycles. The quantitative estimate of drug-likeness (QED) is 0.465. The fourth-order valence-corrected chi connectivity index (χ4v) is 4.61. The third kappa shape index (κ3) is 5.64. The van der Waals surface area contributed by atoms with E-state index in [0.717, 1.165) is 30.9 Å². The van der Waals surface area contributed by atoms with Crippen LogP contribution >= 0.6 is 0 Å². The van der Waals surface area contributed by atoms with E-state index in [4.69, 9.17) is 4.74 Å². The summed E-state index contributed by atoms with van der Waals surface area (Å²) in [6.07, 6.45) is 3.90. The molecule has 2 aliphatic carbocycles. The Hall–Kier alpha value is -1.26. The van der Waals surface area contributed by atoms with Crippen molar-refractivity contribution in [3.8, 4) is 5.75 Å². The lowest BCUT2D eigenvalue weighted by atomic mass is 9.69. The number of hydrogen-bond donors (Lipinski definition) is 0. The highest BCUT2D eigenvalue weighted by atomic mass is 19.3. The van der Waals surface area contributed by atoms with Crippen molar-refractivity contribution in [2.75, 3.05) is 0 Å². The van der Waals surface area contributed by atoms with Crippen molar-refractivity contribution in [1.82, 2.24) is 0 Å². The van der Waals surface area contributed by atoms with Gasteiger partial charge in [0.25, 0.3) is 0 Å². The topological polar surface area (TPSA) is 9.23 Å². The first kappa shape index (κ1) is 23.0. The van der Waals surface area contributed by atoms with Gasteiger partial charge in [-0.2, -0.15) is 8.78 Å². The molecule has 0 unspecified atom stereocenters. The minimum atomic E-state index is -3.40. The molecule has 160 valence electrons. The molecular formula is C23H34F4O. The van der Waals surface area contributed by atoms with Crippen LogP contribution in [0.3, 0.4) is 0 Å². The molecule has 0 spiro atoms. The molecule has 5 heteroatoms. The average molecular weight is 403 g/mol. The third-order valence-corrected chi connectivity index (χ3v) is 6.48. The number of halogens is 4. The molecule has 0 N–H and O–H groups in total. The highest BCUT2D eigenvalue weighted by molar-refractivity contribution is 5.30. The van der Waals surface area contributed by atoms with Crippen LogP contribution in [0.15, 0.2) is 12.1 Å². The molecule has 0 radical (unpaired) electrons. The smallest absolute Gasteiger partial charge is 0.400 e. The third-order valence-electron chi connectivity index (χ3n) is 6.48. The van der Waals surface area contributed by atoms with Gasteiger partial charge in [0.05, 0.1) is 5.92 Å². The maximum Gasteiger partial charge on any atom is 0.400 e. The van der Waals surface area contributed by atoms with Gasteiger partial charge in [0.2, 0.25) is 0 Å². The van der Waals surface area contributed by atoms with Crippen molar-refractivity contribution in [1.29, 1.82) is 0 Å². The lowest BCUT2D eigenvalue weighted by molar-refractivity contribution is -0.224. The maximum atomic E-state index is 14.5. The standard InChI is InChI=1S/C21H28F4O.C2H6/c1-13-3-5-15(6-4-13)16-7-9-17(10-8-16)21(24,25)26-18-11-19(22)14(2)20(23)12-18;1-2/h11-13,15-17H,3-10H2,1-2H3;1-2H3. The summed E-state index contributed by atoms with van der Waals surface area (Å²) in [6, 6.07) is 1.67. The molecule has 0 bridgehead atoms. The van der Waals surface area contributed by atoms with Gasteiger partial charge in [0.1, 0.15) is 17.4 Å². The van der Waals surface area contributed by atoms with Crippen molar-refractivity contribution < 1.29 is 22.3 Å². The second-order valence-corrected chi connectivity index (χ2v) is 8.31. The Morgan fingerprint density at radius 1 is 0.821 bits per heavy atom. The van der Waals surface area contributed by atoms with Gasteiger partial charge < -0.3 is 4.74 Å². The van der Waals surface area contributed by atoms with Crippen LogP contribution in [0.2, 0.25) is 0 Å². The van der Waals surface area contributed by atoms with Crippen LogP contribution in [-0.2, 0) is 0 Å². The number of ether oxygens (including phenoxy) is 1. The highest BCUT2D eigenvalue weighted by Crippen LogP contribution is 2.45. The second kappa shape index (κ2) is 9.98. The van der Waals surface area contributed by atoms with Gasteiger partial charge in [-0.1, -0.05) is 33.6 Å². The van der Waals surface area contributed by atoms with Crippen LogP contribution < -0.4 is 4.74 Å².